The van der Waals surface area contributed by atoms with Gasteiger partial charge in [0, 0.05) is 31.1 Å². The third-order valence-corrected chi connectivity index (χ3v) is 5.89. The number of nitrogens with one attached hydrogen (secondary N) is 1. The van der Waals surface area contributed by atoms with Crippen LogP contribution < -0.4 is 5.32 Å². The number of carboxylic acids is 4. The molecule has 0 spiro atoms. The van der Waals surface area contributed by atoms with Crippen LogP contribution in [0.15, 0.2) is 0 Å². The molecule has 0 saturated carbocycles. The molecule has 14 nitrogen and oxygen atoms in total. The molecule has 202 valence electrons. The number of amides is 1. The highest BCUT2D eigenvalue weighted by molar-refractivity contribution is 7.16. The third-order valence-electron chi connectivity index (χ3n) is 4.76. The van der Waals surface area contributed by atoms with E-state index in [1.165, 1.54) is 11.3 Å². The monoisotopic (exact) mass is 533 g/mol. The van der Waals surface area contributed by atoms with Crippen LogP contribution in [-0.2, 0) is 28.7 Å². The van der Waals surface area contributed by atoms with Crippen molar-refractivity contribution in [2.24, 2.45) is 0 Å². The Bertz CT molecular complexity index is 905. The number of anilines is 1. The number of nitrogens with zero attached hydrogens (tertiary/aromatic N) is 2. The number of hydrogen-bond acceptors (Lipinski definition) is 10. The van der Waals surface area contributed by atoms with Crippen molar-refractivity contribution >= 4 is 52.1 Å². The van der Waals surface area contributed by atoms with Gasteiger partial charge >= 0.3 is 29.8 Å². The lowest BCUT2D eigenvalue weighted by atomic mass is 10.1. The molecule has 0 bridgehead atoms. The molecule has 1 aliphatic heterocycles. The lowest BCUT2D eigenvalue weighted by Gasteiger charge is -2.33. The number of carbonyl (C=O) groups is 6. The Balaban J connectivity index is 0.000000846. The molecule has 5 N–H and O–H groups in total. The van der Waals surface area contributed by atoms with Gasteiger partial charge < -0.3 is 35.4 Å². The van der Waals surface area contributed by atoms with Crippen LogP contribution in [0.4, 0.5) is 5.00 Å². The third kappa shape index (κ3) is 11.7. The number of ether oxygens (including phenoxy) is 1. The topological polar surface area (TPSA) is 211 Å². The fraction of sp³-hybridized carbons (Fsp3) is 0.524. The van der Waals surface area contributed by atoms with E-state index in [1.54, 1.807) is 6.92 Å². The Morgan fingerprint density at radius 1 is 0.833 bits per heavy atom. The van der Waals surface area contributed by atoms with E-state index in [1.807, 2.05) is 13.8 Å². The molecule has 1 aromatic heterocycles. The summed E-state index contributed by atoms with van der Waals surface area (Å²) in [5.74, 6) is -7.74. The zero-order valence-corrected chi connectivity index (χ0v) is 21.2. The number of esters is 1. The van der Waals surface area contributed by atoms with E-state index in [9.17, 15) is 9.59 Å². The number of hydrogen-bond donors (Lipinski definition) is 5. The molecule has 0 aromatic carbocycles. The molecule has 2 rings (SSSR count). The molecule has 0 aliphatic carbocycles. The second kappa shape index (κ2) is 16.2. The van der Waals surface area contributed by atoms with Gasteiger partial charge in [-0.2, -0.15) is 0 Å². The summed E-state index contributed by atoms with van der Waals surface area (Å²) in [6, 6.07) is 0. The van der Waals surface area contributed by atoms with Crippen molar-refractivity contribution in [1.29, 1.82) is 0 Å². The number of carboxylic acid groups (broad SMARTS) is 4. The van der Waals surface area contributed by atoms with Crippen LogP contribution in [0.3, 0.4) is 0 Å². The number of aliphatic carboxylic acids is 4. The van der Waals surface area contributed by atoms with Gasteiger partial charge in [-0.1, -0.05) is 6.92 Å². The molecule has 1 aliphatic rings. The minimum absolute atomic E-state index is 0.0771. The van der Waals surface area contributed by atoms with Crippen LogP contribution in [0, 0.1) is 13.8 Å². The number of piperazine rings is 1. The average Bonchev–Trinajstić information content (AvgIpc) is 3.07. The number of carbonyl (C=O) groups excluding carboxylic acids is 2. The van der Waals surface area contributed by atoms with Gasteiger partial charge in [0.25, 0.3) is 0 Å². The van der Waals surface area contributed by atoms with Gasteiger partial charge in [0.15, 0.2) is 0 Å². The summed E-state index contributed by atoms with van der Waals surface area (Å²) in [6.45, 7) is 13.3. The molecule has 0 radical (unpaired) electrons. The minimum atomic E-state index is -1.82. The Morgan fingerprint density at radius 2 is 1.28 bits per heavy atom. The zero-order valence-electron chi connectivity index (χ0n) is 20.4. The van der Waals surface area contributed by atoms with Gasteiger partial charge in [-0.3, -0.25) is 9.69 Å². The van der Waals surface area contributed by atoms with Gasteiger partial charge in [-0.15, -0.1) is 11.3 Å². The van der Waals surface area contributed by atoms with E-state index in [0.717, 1.165) is 43.2 Å². The molecule has 1 fully saturated rings. The molecule has 0 atom stereocenters. The molecule has 2 heterocycles. The van der Waals surface area contributed by atoms with Crippen molar-refractivity contribution in [2.45, 2.75) is 27.7 Å². The van der Waals surface area contributed by atoms with E-state index in [0.29, 0.717) is 23.7 Å². The van der Waals surface area contributed by atoms with Crippen LogP contribution >= 0.6 is 11.3 Å². The SMILES string of the molecule is CCOC(=O)c1c(NC(=O)CN2CCN(CC)CC2)sc(C)c1C.O=C(O)C(=O)O.O=C(O)C(=O)O. The van der Waals surface area contributed by atoms with Crippen LogP contribution in [0.5, 0.6) is 0 Å². The lowest BCUT2D eigenvalue weighted by Crippen LogP contribution is -2.48. The molecule has 15 heteroatoms. The van der Waals surface area contributed by atoms with Gasteiger partial charge in [-0.25, -0.2) is 24.0 Å². The van der Waals surface area contributed by atoms with E-state index < -0.39 is 23.9 Å². The quantitative estimate of drug-likeness (QED) is 0.248. The van der Waals surface area contributed by atoms with Gasteiger partial charge in [0.2, 0.25) is 5.91 Å². The maximum Gasteiger partial charge on any atom is 0.414 e. The zero-order chi connectivity index (χ0) is 28.0. The van der Waals surface area contributed by atoms with E-state index in [-0.39, 0.29) is 11.9 Å². The molecule has 36 heavy (non-hydrogen) atoms. The first-order valence-corrected chi connectivity index (χ1v) is 11.5. The summed E-state index contributed by atoms with van der Waals surface area (Å²) >= 11 is 1.43. The second-order valence-corrected chi connectivity index (χ2v) is 8.41. The summed E-state index contributed by atoms with van der Waals surface area (Å²) in [5, 5.41) is 33.1. The summed E-state index contributed by atoms with van der Waals surface area (Å²) in [5.41, 5.74) is 1.37. The Hall–Kier alpha value is -3.56. The van der Waals surface area contributed by atoms with E-state index >= 15 is 0 Å². The maximum atomic E-state index is 12.4. The lowest BCUT2D eigenvalue weighted by molar-refractivity contribution is -0.159. The van der Waals surface area contributed by atoms with Crippen molar-refractivity contribution in [1.82, 2.24) is 9.80 Å². The minimum Gasteiger partial charge on any atom is -0.473 e. The second-order valence-electron chi connectivity index (χ2n) is 7.19. The molecular weight excluding hydrogens is 502 g/mol. The van der Waals surface area contributed by atoms with Crippen molar-refractivity contribution in [3.05, 3.63) is 16.0 Å². The van der Waals surface area contributed by atoms with E-state index in [2.05, 4.69) is 22.0 Å². The molecule has 1 saturated heterocycles. The summed E-state index contributed by atoms with van der Waals surface area (Å²) in [4.78, 5) is 66.5. The van der Waals surface area contributed by atoms with Gasteiger partial charge in [0.05, 0.1) is 18.7 Å². The van der Waals surface area contributed by atoms with Crippen LogP contribution in [0.2, 0.25) is 0 Å². The van der Waals surface area contributed by atoms with Crippen molar-refractivity contribution in [3.8, 4) is 0 Å². The fourth-order valence-electron chi connectivity index (χ4n) is 2.80. The van der Waals surface area contributed by atoms with Crippen molar-refractivity contribution < 1.29 is 53.9 Å². The van der Waals surface area contributed by atoms with Crippen molar-refractivity contribution in [2.75, 3.05) is 51.2 Å². The normalized spacial score (nSPS) is 13.2. The first-order valence-electron chi connectivity index (χ1n) is 10.7. The Labute approximate surface area is 211 Å². The van der Waals surface area contributed by atoms with Crippen LogP contribution in [0.25, 0.3) is 0 Å². The van der Waals surface area contributed by atoms with Crippen LogP contribution in [0.1, 0.15) is 34.6 Å². The number of aryl methyl sites for hydroxylation is 1. The smallest absolute Gasteiger partial charge is 0.414 e. The maximum absolute atomic E-state index is 12.4. The first-order chi connectivity index (χ1) is 16.7. The number of thiophene rings is 1. The highest BCUT2D eigenvalue weighted by Gasteiger charge is 2.23. The van der Waals surface area contributed by atoms with Gasteiger partial charge in [0.1, 0.15) is 5.00 Å². The summed E-state index contributed by atoms with van der Waals surface area (Å²) in [7, 11) is 0. The Morgan fingerprint density at radius 3 is 1.67 bits per heavy atom. The first kappa shape index (κ1) is 32.4. The predicted molar refractivity (Wildman–Crippen MR) is 127 cm³/mol. The average molecular weight is 534 g/mol. The molecule has 1 aromatic rings. The standard InChI is InChI=1S/C17H27N3O3S.2C2H2O4/c1-5-19-7-9-20(10-8-19)11-14(21)18-16-15(17(22)23-6-2)12(3)13(4)24-16;2*3-1(4)2(5)6/h5-11H2,1-4H3,(H,18,21);2*(H,3,4)(H,5,6). The summed E-state index contributed by atoms with van der Waals surface area (Å²) in [6.07, 6.45) is 0. The van der Waals surface area contributed by atoms with Crippen molar-refractivity contribution in [3.63, 3.8) is 0 Å². The molecule has 1 amide bonds. The van der Waals surface area contributed by atoms with E-state index in [4.69, 9.17) is 44.3 Å². The summed E-state index contributed by atoms with van der Waals surface area (Å²) < 4.78 is 5.12. The van der Waals surface area contributed by atoms with Crippen LogP contribution in [-0.4, -0.2) is 112 Å². The highest BCUT2D eigenvalue weighted by atomic mass is 32.1. The molecular formula is C21H31N3O11S. The number of rotatable bonds is 6. The largest absolute Gasteiger partial charge is 0.473 e. The number of likely N-dealkylation sites (N-methyl/N-ethyl adjacent to an activating group) is 1. The molecule has 0 unspecified atom stereocenters. The highest BCUT2D eigenvalue weighted by Crippen LogP contribution is 2.33. The Kier molecular flexibility index (Phi) is 14.6. The predicted octanol–water partition coefficient (Wildman–Crippen LogP) is 0.429. The fourth-order valence-corrected chi connectivity index (χ4v) is 3.86. The van der Waals surface area contributed by atoms with Gasteiger partial charge in [-0.05, 0) is 32.9 Å².